The summed E-state index contributed by atoms with van der Waals surface area (Å²) < 4.78 is 75.2. The van der Waals surface area contributed by atoms with E-state index in [1.54, 1.807) is 10.4 Å². The minimum absolute atomic E-state index is 0.0661. The molecule has 2 fully saturated rings. The number of piperazine rings is 1. The van der Waals surface area contributed by atoms with E-state index in [2.05, 4.69) is 64.4 Å². The number of rotatable bonds is 23. The van der Waals surface area contributed by atoms with Crippen LogP contribution >= 0.6 is 0 Å². The average molecular weight is 836 g/mol. The lowest BCUT2D eigenvalue weighted by molar-refractivity contribution is -0.0101. The number of hydrogen-bond donors (Lipinski definition) is 1. The number of amides is 1. The fourth-order valence-corrected chi connectivity index (χ4v) is 9.17. The van der Waals surface area contributed by atoms with Crippen molar-refractivity contribution in [2.45, 2.75) is 57.2 Å². The van der Waals surface area contributed by atoms with Crippen LogP contribution in [0.3, 0.4) is 0 Å². The third kappa shape index (κ3) is 14.1. The van der Waals surface area contributed by atoms with Gasteiger partial charge in [-0.25, -0.2) is 17.6 Å². The lowest BCUT2D eigenvalue weighted by atomic mass is 9.93. The van der Waals surface area contributed by atoms with Crippen LogP contribution in [0, 0.1) is 5.82 Å². The maximum Gasteiger partial charge on any atom is 0.407 e. The van der Waals surface area contributed by atoms with Gasteiger partial charge in [-0.2, -0.15) is 4.31 Å². The highest BCUT2D eigenvalue weighted by atomic mass is 32.2. The Balaban J connectivity index is 0.885. The second-order valence-corrected chi connectivity index (χ2v) is 18.3. The van der Waals surface area contributed by atoms with Crippen molar-refractivity contribution in [2.75, 3.05) is 137 Å². The van der Waals surface area contributed by atoms with Crippen LogP contribution in [0.1, 0.15) is 55.8 Å². The van der Waals surface area contributed by atoms with Crippen LogP contribution in [0.5, 0.6) is 0 Å². The summed E-state index contributed by atoms with van der Waals surface area (Å²) in [6.45, 7) is 13.3. The number of nitrogens with one attached hydrogen (secondary N) is 1. The number of nitrogens with zero attached hydrogens (tertiary/aromatic N) is 4. The Labute approximate surface area is 345 Å². The number of carbonyl (C=O) groups excluding carboxylic acids is 1. The molecule has 16 heteroatoms. The highest BCUT2D eigenvalue weighted by Gasteiger charge is 2.41. The van der Waals surface area contributed by atoms with Crippen LogP contribution in [0.2, 0.25) is 0 Å². The Morgan fingerprint density at radius 2 is 1.40 bits per heavy atom. The summed E-state index contributed by atoms with van der Waals surface area (Å²) in [5.74, 6) is 0.164. The number of halogens is 1. The number of carbonyl (C=O) groups is 1. The van der Waals surface area contributed by atoms with Gasteiger partial charge in [0.25, 0.3) is 0 Å². The highest BCUT2D eigenvalue weighted by Crippen LogP contribution is 2.42. The van der Waals surface area contributed by atoms with Crippen molar-refractivity contribution in [3.05, 3.63) is 65.0 Å². The summed E-state index contributed by atoms with van der Waals surface area (Å²) >= 11 is 0. The predicted molar refractivity (Wildman–Crippen MR) is 222 cm³/mol. The smallest absolute Gasteiger partial charge is 0.407 e. The minimum Gasteiger partial charge on any atom is -0.444 e. The standard InChI is InChI=1S/C42H66FN5O9S/c1-42(2,3)57-41(49)44-15-20-52-21-22-53-23-24-54-25-26-55-27-28-56-29-30-58(50,51)48-18-16-46(17-19-48)35-12-9-33(10-13-35)36-31-47(32-39(36)45(4)5)38-14-11-34-7-6-8-37(43)40(34)38/h6-10,12-13,36,38-39H,11,14-32H2,1-5H3,(H,44,49)/t36-,38?,39+/m1/s1. The van der Waals surface area contributed by atoms with E-state index in [4.69, 9.17) is 28.4 Å². The highest BCUT2D eigenvalue weighted by molar-refractivity contribution is 7.89. The van der Waals surface area contributed by atoms with E-state index >= 15 is 0 Å². The SMILES string of the molecule is CN(C)[C@H]1CN(C2CCc3cccc(F)c32)C[C@@H]1c1ccc(N2CCN(S(=O)(=O)CCOCCOCCOCCOCCOCCNC(=O)OC(C)(C)C)CC2)cc1. The maximum absolute atomic E-state index is 14.9. The van der Waals surface area contributed by atoms with Crippen LogP contribution in [0.15, 0.2) is 42.5 Å². The number of anilines is 1. The van der Waals surface area contributed by atoms with E-state index in [1.165, 1.54) is 5.56 Å². The molecule has 0 saturated carbocycles. The van der Waals surface area contributed by atoms with Crippen molar-refractivity contribution in [1.82, 2.24) is 19.4 Å². The molecule has 3 aliphatic rings. The Morgan fingerprint density at radius 1 is 0.810 bits per heavy atom. The summed E-state index contributed by atoms with van der Waals surface area (Å²) in [6.07, 6.45) is 1.42. The Hall–Kier alpha value is -2.93. The zero-order chi connectivity index (χ0) is 41.5. The van der Waals surface area contributed by atoms with Crippen molar-refractivity contribution >= 4 is 21.8 Å². The van der Waals surface area contributed by atoms with Gasteiger partial charge in [0, 0.05) is 75.1 Å². The number of ether oxygens (including phenoxy) is 6. The molecule has 2 heterocycles. The van der Waals surface area contributed by atoms with Gasteiger partial charge in [0.2, 0.25) is 10.0 Å². The van der Waals surface area contributed by atoms with E-state index in [9.17, 15) is 17.6 Å². The fraction of sp³-hybridized carbons (Fsp3) is 0.690. The molecule has 0 aromatic heterocycles. The minimum atomic E-state index is -3.44. The van der Waals surface area contributed by atoms with E-state index < -0.39 is 21.7 Å². The van der Waals surface area contributed by atoms with E-state index in [1.807, 2.05) is 26.8 Å². The zero-order valence-corrected chi connectivity index (χ0v) is 36.0. The van der Waals surface area contributed by atoms with E-state index in [-0.39, 0.29) is 24.2 Å². The molecule has 1 aliphatic carbocycles. The Kier molecular flexibility index (Phi) is 18.0. The van der Waals surface area contributed by atoms with E-state index in [0.29, 0.717) is 104 Å². The normalized spacial score (nSPS) is 20.5. The van der Waals surface area contributed by atoms with Crippen LogP contribution in [-0.2, 0) is 44.9 Å². The molecule has 0 radical (unpaired) electrons. The molecule has 2 aliphatic heterocycles. The number of likely N-dealkylation sites (tertiary alicyclic amines) is 1. The summed E-state index contributed by atoms with van der Waals surface area (Å²) in [4.78, 5) is 18.6. The molecular formula is C42H66FN5O9S. The number of alkyl carbamates (subject to hydrolysis) is 1. The van der Waals surface area contributed by atoms with Gasteiger partial charge in [-0.3, -0.25) is 4.90 Å². The second-order valence-electron chi connectivity index (χ2n) is 16.2. The number of likely N-dealkylation sites (N-methyl/N-ethyl adjacent to an activating group) is 1. The van der Waals surface area contributed by atoms with Gasteiger partial charge in [-0.15, -0.1) is 0 Å². The number of sulfonamides is 1. The fourth-order valence-electron chi connectivity index (χ4n) is 7.87. The largest absolute Gasteiger partial charge is 0.444 e. The second kappa shape index (κ2) is 22.6. The molecule has 1 amide bonds. The van der Waals surface area contributed by atoms with Gasteiger partial charge in [-0.05, 0) is 77.0 Å². The Morgan fingerprint density at radius 3 is 1.98 bits per heavy atom. The third-order valence-corrected chi connectivity index (χ3v) is 12.6. The van der Waals surface area contributed by atoms with Gasteiger partial charge in [0.15, 0.2) is 0 Å². The van der Waals surface area contributed by atoms with Gasteiger partial charge < -0.3 is 43.5 Å². The quantitative estimate of drug-likeness (QED) is 0.163. The molecule has 5 rings (SSSR count). The summed E-state index contributed by atoms with van der Waals surface area (Å²) in [5, 5.41) is 2.63. The lowest BCUT2D eigenvalue weighted by Crippen LogP contribution is -2.49. The summed E-state index contributed by atoms with van der Waals surface area (Å²) in [6, 6.07) is 14.7. The molecule has 58 heavy (non-hydrogen) atoms. The van der Waals surface area contributed by atoms with Crippen molar-refractivity contribution < 1.29 is 46.0 Å². The molecule has 2 aromatic carbocycles. The molecule has 0 spiro atoms. The van der Waals surface area contributed by atoms with Crippen LogP contribution in [0.4, 0.5) is 14.9 Å². The third-order valence-electron chi connectivity index (χ3n) is 10.8. The van der Waals surface area contributed by atoms with Gasteiger partial charge in [0.1, 0.15) is 11.4 Å². The molecular weight excluding hydrogens is 770 g/mol. The monoisotopic (exact) mass is 835 g/mol. The zero-order valence-electron chi connectivity index (χ0n) is 35.2. The van der Waals surface area contributed by atoms with Crippen molar-refractivity contribution in [3.63, 3.8) is 0 Å². The number of fused-ring (bicyclic) bond motifs is 1. The number of aryl methyl sites for hydroxylation is 1. The van der Waals surface area contributed by atoms with Gasteiger partial charge in [-0.1, -0.05) is 24.3 Å². The van der Waals surface area contributed by atoms with Crippen molar-refractivity contribution in [2.24, 2.45) is 0 Å². The first-order chi connectivity index (χ1) is 27.8. The molecule has 326 valence electrons. The van der Waals surface area contributed by atoms with E-state index in [0.717, 1.165) is 42.7 Å². The van der Waals surface area contributed by atoms with Gasteiger partial charge in [0.05, 0.1) is 71.8 Å². The predicted octanol–water partition coefficient (Wildman–Crippen LogP) is 3.90. The van der Waals surface area contributed by atoms with Crippen LogP contribution in [-0.4, -0.2) is 172 Å². The molecule has 14 nitrogen and oxygen atoms in total. The maximum atomic E-state index is 14.9. The molecule has 3 atom stereocenters. The first-order valence-corrected chi connectivity index (χ1v) is 22.3. The first kappa shape index (κ1) is 46.1. The first-order valence-electron chi connectivity index (χ1n) is 20.7. The number of benzene rings is 2. The topological polar surface area (TPSA) is 132 Å². The van der Waals surface area contributed by atoms with Crippen LogP contribution < -0.4 is 10.2 Å². The number of hydrogen-bond acceptors (Lipinski definition) is 12. The molecule has 2 saturated heterocycles. The Bertz CT molecular complexity index is 1660. The lowest BCUT2D eigenvalue weighted by Gasteiger charge is -2.35. The average Bonchev–Trinajstić information content (AvgIpc) is 3.83. The molecule has 1 N–H and O–H groups in total. The summed E-state index contributed by atoms with van der Waals surface area (Å²) in [7, 11) is 0.826. The molecule has 0 bridgehead atoms. The van der Waals surface area contributed by atoms with Crippen molar-refractivity contribution in [1.29, 1.82) is 0 Å². The summed E-state index contributed by atoms with van der Waals surface area (Å²) in [5.41, 5.74) is 3.87. The van der Waals surface area contributed by atoms with Gasteiger partial charge >= 0.3 is 6.09 Å². The molecule has 1 unspecified atom stereocenters. The van der Waals surface area contributed by atoms with Crippen molar-refractivity contribution in [3.8, 4) is 0 Å². The van der Waals surface area contributed by atoms with Crippen LogP contribution in [0.25, 0.3) is 0 Å². The molecule has 2 aromatic rings.